The summed E-state index contributed by atoms with van der Waals surface area (Å²) in [6.07, 6.45) is 0. The van der Waals surface area contributed by atoms with Crippen molar-refractivity contribution in [1.82, 2.24) is 5.32 Å². The molecule has 1 aliphatic rings. The van der Waals surface area contributed by atoms with Crippen LogP contribution in [0.15, 0.2) is 17.0 Å². The van der Waals surface area contributed by atoms with Gasteiger partial charge < -0.3 is 10.2 Å². The summed E-state index contributed by atoms with van der Waals surface area (Å²) in [5, 5.41) is 7.88. The first kappa shape index (κ1) is 13.2. The Balaban J connectivity index is 2.42. The Labute approximate surface area is 104 Å². The van der Waals surface area contributed by atoms with Crippen LogP contribution in [0.2, 0.25) is 0 Å². The third-order valence-corrected chi connectivity index (χ3v) is 3.69. The number of sulfonamides is 1. The molecule has 0 bridgehead atoms. The van der Waals surface area contributed by atoms with Crippen molar-refractivity contribution in [3.05, 3.63) is 23.8 Å². The smallest absolute Gasteiger partial charge is 0.241 e. The zero-order valence-corrected chi connectivity index (χ0v) is 10.3. The van der Waals surface area contributed by atoms with Crippen LogP contribution in [-0.4, -0.2) is 34.6 Å². The zero-order chi connectivity index (χ0) is 13.3. The van der Waals surface area contributed by atoms with Crippen molar-refractivity contribution in [3.63, 3.8) is 0 Å². The number of nitrogens with one attached hydrogen (secondary N) is 1. The first-order chi connectivity index (χ1) is 8.39. The molecule has 0 radical (unpaired) electrons. The number of halogens is 2. The highest BCUT2D eigenvalue weighted by atomic mass is 32.2. The molecule has 18 heavy (non-hydrogen) atoms. The number of benzene rings is 1. The predicted molar refractivity (Wildman–Crippen MR) is 62.8 cm³/mol. The highest BCUT2D eigenvalue weighted by molar-refractivity contribution is 7.89. The highest BCUT2D eigenvalue weighted by Crippen LogP contribution is 2.25. The summed E-state index contributed by atoms with van der Waals surface area (Å²) in [7, 11) is -4.25. The van der Waals surface area contributed by atoms with E-state index in [-0.39, 0.29) is 5.69 Å². The van der Waals surface area contributed by atoms with Gasteiger partial charge in [-0.25, -0.2) is 22.3 Å². The van der Waals surface area contributed by atoms with Gasteiger partial charge in [-0.3, -0.25) is 0 Å². The molecule has 5 nitrogen and oxygen atoms in total. The van der Waals surface area contributed by atoms with Crippen molar-refractivity contribution in [2.45, 2.75) is 4.90 Å². The van der Waals surface area contributed by atoms with E-state index in [1.54, 1.807) is 4.90 Å². The summed E-state index contributed by atoms with van der Waals surface area (Å²) in [6, 6.07) is 1.50. The number of anilines is 1. The van der Waals surface area contributed by atoms with Crippen molar-refractivity contribution < 1.29 is 17.2 Å². The molecule has 0 spiro atoms. The minimum absolute atomic E-state index is 0.0569. The van der Waals surface area contributed by atoms with Gasteiger partial charge in [-0.15, -0.1) is 0 Å². The molecule has 1 saturated heterocycles. The fourth-order valence-electron chi connectivity index (χ4n) is 1.88. The first-order valence-electron chi connectivity index (χ1n) is 5.37. The lowest BCUT2D eigenvalue weighted by atomic mass is 10.2. The monoisotopic (exact) mass is 277 g/mol. The maximum absolute atomic E-state index is 13.8. The van der Waals surface area contributed by atoms with Crippen molar-refractivity contribution in [3.8, 4) is 0 Å². The fourth-order valence-corrected chi connectivity index (χ4v) is 2.48. The van der Waals surface area contributed by atoms with E-state index < -0.39 is 26.6 Å². The molecular weight excluding hydrogens is 264 g/mol. The molecule has 0 amide bonds. The number of rotatable bonds is 2. The van der Waals surface area contributed by atoms with E-state index in [0.717, 1.165) is 6.07 Å². The molecule has 0 atom stereocenters. The Bertz CT molecular complexity index is 556. The third kappa shape index (κ3) is 2.60. The van der Waals surface area contributed by atoms with Gasteiger partial charge in [0.2, 0.25) is 10.0 Å². The fraction of sp³-hybridized carbons (Fsp3) is 0.400. The molecule has 8 heteroatoms. The second kappa shape index (κ2) is 4.79. The highest BCUT2D eigenvalue weighted by Gasteiger charge is 2.21. The predicted octanol–water partition coefficient (Wildman–Crippen LogP) is 0.0218. The van der Waals surface area contributed by atoms with Gasteiger partial charge in [0.15, 0.2) is 0 Å². The summed E-state index contributed by atoms with van der Waals surface area (Å²) >= 11 is 0. The number of primary sulfonamides is 1. The Hall–Kier alpha value is -1.25. The maximum atomic E-state index is 13.8. The van der Waals surface area contributed by atoms with Crippen LogP contribution in [0.5, 0.6) is 0 Å². The van der Waals surface area contributed by atoms with E-state index >= 15 is 0 Å². The number of hydrogen-bond donors (Lipinski definition) is 2. The normalized spacial score (nSPS) is 16.9. The quantitative estimate of drug-likeness (QED) is 0.799. The van der Waals surface area contributed by atoms with Crippen LogP contribution in [0.3, 0.4) is 0 Å². The van der Waals surface area contributed by atoms with Crippen LogP contribution in [0, 0.1) is 11.6 Å². The van der Waals surface area contributed by atoms with Crippen LogP contribution in [-0.2, 0) is 10.0 Å². The molecule has 1 aliphatic heterocycles. The molecule has 0 aliphatic carbocycles. The Morgan fingerprint density at radius 1 is 1.17 bits per heavy atom. The van der Waals surface area contributed by atoms with Gasteiger partial charge in [-0.2, -0.15) is 0 Å². The molecule has 3 N–H and O–H groups in total. The number of piperazine rings is 1. The summed E-state index contributed by atoms with van der Waals surface area (Å²) in [6.45, 7) is 2.39. The molecule has 0 unspecified atom stereocenters. The van der Waals surface area contributed by atoms with Crippen molar-refractivity contribution in [1.29, 1.82) is 0 Å². The summed E-state index contributed by atoms with van der Waals surface area (Å²) in [4.78, 5) is 0.834. The molecule has 0 saturated carbocycles. The molecule has 100 valence electrons. The molecule has 1 aromatic carbocycles. The second-order valence-corrected chi connectivity index (χ2v) is 5.55. The van der Waals surface area contributed by atoms with E-state index in [0.29, 0.717) is 32.2 Å². The lowest BCUT2D eigenvalue weighted by molar-refractivity contribution is 0.539. The first-order valence-corrected chi connectivity index (χ1v) is 6.92. The summed E-state index contributed by atoms with van der Waals surface area (Å²) in [5.74, 6) is -1.82. The van der Waals surface area contributed by atoms with E-state index in [1.807, 2.05) is 0 Å². The summed E-state index contributed by atoms with van der Waals surface area (Å²) < 4.78 is 49.5. The molecule has 2 rings (SSSR count). The number of nitrogens with zero attached hydrogens (tertiary/aromatic N) is 1. The van der Waals surface area contributed by atoms with Crippen molar-refractivity contribution in [2.75, 3.05) is 31.1 Å². The third-order valence-electron chi connectivity index (χ3n) is 2.77. The van der Waals surface area contributed by atoms with Gasteiger partial charge in [-0.05, 0) is 6.07 Å². The van der Waals surface area contributed by atoms with Crippen molar-refractivity contribution >= 4 is 15.7 Å². The Morgan fingerprint density at radius 2 is 1.78 bits per heavy atom. The van der Waals surface area contributed by atoms with E-state index in [2.05, 4.69) is 5.32 Å². The standard InChI is InChI=1S/C10H13F2N3O2S/c11-7-6-10(18(13,16)17)8(12)5-9(7)15-3-1-14-2-4-15/h5-6,14H,1-4H2,(H2,13,16,17). The van der Waals surface area contributed by atoms with Crippen LogP contribution >= 0.6 is 0 Å². The van der Waals surface area contributed by atoms with Gasteiger partial charge in [-0.1, -0.05) is 0 Å². The van der Waals surface area contributed by atoms with Gasteiger partial charge in [0, 0.05) is 32.2 Å². The minimum atomic E-state index is -4.25. The van der Waals surface area contributed by atoms with Crippen LogP contribution in [0.4, 0.5) is 14.5 Å². The van der Waals surface area contributed by atoms with E-state index in [9.17, 15) is 17.2 Å². The van der Waals surface area contributed by atoms with Gasteiger partial charge in [0.05, 0.1) is 5.69 Å². The average molecular weight is 277 g/mol. The number of hydrogen-bond acceptors (Lipinski definition) is 4. The average Bonchev–Trinajstić information content (AvgIpc) is 2.31. The Kier molecular flexibility index (Phi) is 3.51. The minimum Gasteiger partial charge on any atom is -0.367 e. The molecule has 0 aromatic heterocycles. The lowest BCUT2D eigenvalue weighted by Crippen LogP contribution is -2.44. The molecular formula is C10H13F2N3O2S. The van der Waals surface area contributed by atoms with Gasteiger partial charge in [0.25, 0.3) is 0 Å². The topological polar surface area (TPSA) is 75.4 Å². The maximum Gasteiger partial charge on any atom is 0.241 e. The zero-order valence-electron chi connectivity index (χ0n) is 9.49. The molecule has 1 heterocycles. The van der Waals surface area contributed by atoms with E-state index in [1.165, 1.54) is 0 Å². The molecule has 1 aromatic rings. The van der Waals surface area contributed by atoms with E-state index in [4.69, 9.17) is 5.14 Å². The molecule has 1 fully saturated rings. The largest absolute Gasteiger partial charge is 0.367 e. The Morgan fingerprint density at radius 3 is 2.33 bits per heavy atom. The summed E-state index contributed by atoms with van der Waals surface area (Å²) in [5.41, 5.74) is 0.0569. The SMILES string of the molecule is NS(=O)(=O)c1cc(F)c(N2CCNCC2)cc1F. The number of nitrogens with two attached hydrogens (primary N) is 1. The van der Waals surface area contributed by atoms with Crippen LogP contribution < -0.4 is 15.4 Å². The van der Waals surface area contributed by atoms with Gasteiger partial charge >= 0.3 is 0 Å². The second-order valence-electron chi connectivity index (χ2n) is 4.02. The van der Waals surface area contributed by atoms with Crippen LogP contribution in [0.1, 0.15) is 0 Å². The lowest BCUT2D eigenvalue weighted by Gasteiger charge is -2.29. The van der Waals surface area contributed by atoms with Crippen LogP contribution in [0.25, 0.3) is 0 Å². The van der Waals surface area contributed by atoms with Crippen molar-refractivity contribution in [2.24, 2.45) is 5.14 Å². The van der Waals surface area contributed by atoms with Gasteiger partial charge in [0.1, 0.15) is 16.5 Å².